The first-order valence-electron chi connectivity index (χ1n) is 17.4. The van der Waals surface area contributed by atoms with Gasteiger partial charge < -0.3 is 35.0 Å². The molecule has 0 bridgehead atoms. The zero-order valence-electron chi connectivity index (χ0n) is 30.0. The van der Waals surface area contributed by atoms with Gasteiger partial charge in [-0.1, -0.05) is 72.8 Å². The fraction of sp³-hybridized carbons (Fsp3) is 0.211. The van der Waals surface area contributed by atoms with E-state index in [2.05, 4.69) is 20.1 Å². The zero-order chi connectivity index (χ0) is 39.8. The van der Waals surface area contributed by atoms with Crippen molar-refractivity contribution in [3.05, 3.63) is 108 Å². The van der Waals surface area contributed by atoms with Crippen LogP contribution in [0, 0.1) is 0 Å². The number of hydrogen-bond donors (Lipinski definition) is 6. The third-order valence-electron chi connectivity index (χ3n) is 9.34. The van der Waals surface area contributed by atoms with Gasteiger partial charge in [0, 0.05) is 40.7 Å². The molecule has 4 atom stereocenters. The molecule has 0 spiro atoms. The van der Waals surface area contributed by atoms with E-state index in [0.717, 1.165) is 10.9 Å². The lowest BCUT2D eigenvalue weighted by Gasteiger charge is -2.27. The molecule has 0 radical (unpaired) electrons. The minimum Gasteiger partial charge on any atom is -0.394 e. The Labute approximate surface area is 319 Å². The summed E-state index contributed by atoms with van der Waals surface area (Å²) in [6.07, 6.45) is -2.99. The average molecular weight is 802 g/mol. The Morgan fingerprint density at radius 3 is 1.91 bits per heavy atom. The molecule has 5 aromatic rings. The molecule has 16 nitrogen and oxygen atoms in total. The Morgan fingerprint density at radius 2 is 1.30 bits per heavy atom. The maximum Gasteiger partial charge on any atom is 0.472 e. The van der Waals surface area contributed by atoms with Crippen molar-refractivity contribution in [1.29, 1.82) is 0 Å². The minimum atomic E-state index is -5.16. The first-order chi connectivity index (χ1) is 26.7. The maximum atomic E-state index is 14.0. The van der Waals surface area contributed by atoms with Gasteiger partial charge in [0.1, 0.15) is 11.8 Å². The quantitative estimate of drug-likeness (QED) is 0.0625. The molecule has 2 amide bonds. The van der Waals surface area contributed by atoms with Crippen LogP contribution in [-0.4, -0.2) is 84.1 Å². The topological polar surface area (TPSA) is 232 Å². The fourth-order valence-electron chi connectivity index (χ4n) is 6.78. The first kappa shape index (κ1) is 39.1. The second-order valence-corrected chi connectivity index (χ2v) is 15.7. The molecular weight excluding hydrogens is 764 g/mol. The lowest BCUT2D eigenvalue weighted by atomic mass is 10.0. The number of nitrogens with zero attached hydrogens (tertiary/aromatic N) is 3. The van der Waals surface area contributed by atoms with E-state index in [1.165, 1.54) is 6.92 Å². The van der Waals surface area contributed by atoms with Crippen LogP contribution in [0.15, 0.2) is 97.1 Å². The number of rotatable bonds is 14. The van der Waals surface area contributed by atoms with Crippen LogP contribution in [0.25, 0.3) is 55.0 Å². The second-order valence-electron chi connectivity index (χ2n) is 13.1. The summed E-state index contributed by atoms with van der Waals surface area (Å²) in [6, 6.07) is 27.4. The van der Waals surface area contributed by atoms with Crippen molar-refractivity contribution in [1.82, 2.24) is 25.2 Å². The molecule has 3 unspecified atom stereocenters. The molecule has 0 aliphatic carbocycles. The summed E-state index contributed by atoms with van der Waals surface area (Å²) in [5.74, 6) is -1.26. The van der Waals surface area contributed by atoms with Gasteiger partial charge in [-0.05, 0) is 31.2 Å². The number of aliphatic hydroxyl groups excluding tert-OH is 1. The predicted octanol–water partition coefficient (Wildman–Crippen LogP) is 5.05. The summed E-state index contributed by atoms with van der Waals surface area (Å²) in [4.78, 5) is 66.8. The SMILES string of the molecule is CC(OP(=O)(O)O[C@H](CNC(=O)c1c2nc3ccccc3c-2n(C)c2ccccc12)COP(=O)(O)O)C(CO)NC(=O)c1c2ccccc2nc2ccccc12. The van der Waals surface area contributed by atoms with E-state index < -0.39 is 65.5 Å². The van der Waals surface area contributed by atoms with Crippen molar-refractivity contribution < 1.29 is 52.1 Å². The third-order valence-corrected chi connectivity index (χ3v) is 11.0. The number of amides is 2. The summed E-state index contributed by atoms with van der Waals surface area (Å²) in [7, 11) is -8.41. The first-order valence-corrected chi connectivity index (χ1v) is 20.4. The number of aryl methyl sites for hydroxylation is 1. The van der Waals surface area contributed by atoms with E-state index >= 15 is 0 Å². The van der Waals surface area contributed by atoms with Gasteiger partial charge in [-0.3, -0.25) is 23.2 Å². The average Bonchev–Trinajstić information content (AvgIpc) is 3.56. The number of phosphoric ester groups is 2. The van der Waals surface area contributed by atoms with Gasteiger partial charge in [0.25, 0.3) is 11.8 Å². The van der Waals surface area contributed by atoms with E-state index in [4.69, 9.17) is 14.0 Å². The molecule has 56 heavy (non-hydrogen) atoms. The normalized spacial score (nSPS) is 14.9. The van der Waals surface area contributed by atoms with E-state index in [9.17, 15) is 38.5 Å². The number of pyridine rings is 2. The number of aliphatic hydroxyl groups is 1. The Balaban J connectivity index is 1.10. The molecule has 7 rings (SSSR count). The highest BCUT2D eigenvalue weighted by Crippen LogP contribution is 2.47. The second kappa shape index (κ2) is 15.8. The summed E-state index contributed by atoms with van der Waals surface area (Å²) in [5, 5.41) is 18.0. The summed E-state index contributed by atoms with van der Waals surface area (Å²) in [5.41, 5.74) is 4.06. The highest BCUT2D eigenvalue weighted by atomic mass is 31.2. The molecule has 1 aromatic heterocycles. The summed E-state index contributed by atoms with van der Waals surface area (Å²) in [6.45, 7) is -0.896. The van der Waals surface area contributed by atoms with Crippen molar-refractivity contribution in [2.24, 2.45) is 7.05 Å². The van der Waals surface area contributed by atoms with Crippen LogP contribution >= 0.6 is 15.6 Å². The van der Waals surface area contributed by atoms with Crippen LogP contribution in [-0.2, 0) is 29.7 Å². The lowest BCUT2D eigenvalue weighted by molar-refractivity contribution is 0.0320. The molecular formula is C38H37N5O11P2. The van der Waals surface area contributed by atoms with Crippen LogP contribution in [0.5, 0.6) is 0 Å². The Morgan fingerprint density at radius 1 is 0.750 bits per heavy atom. The number of benzene rings is 4. The number of para-hydroxylation sites is 4. The van der Waals surface area contributed by atoms with Crippen molar-refractivity contribution >= 4 is 71.1 Å². The molecule has 2 aliphatic rings. The molecule has 0 saturated heterocycles. The van der Waals surface area contributed by atoms with Gasteiger partial charge in [0.15, 0.2) is 0 Å². The van der Waals surface area contributed by atoms with Gasteiger partial charge in [-0.15, -0.1) is 0 Å². The van der Waals surface area contributed by atoms with Gasteiger partial charge in [-0.25, -0.2) is 19.1 Å². The zero-order valence-corrected chi connectivity index (χ0v) is 31.8. The third kappa shape index (κ3) is 8.06. The molecule has 0 fully saturated rings. The monoisotopic (exact) mass is 801 g/mol. The highest BCUT2D eigenvalue weighted by molar-refractivity contribution is 7.47. The molecule has 4 aromatic carbocycles. The smallest absolute Gasteiger partial charge is 0.394 e. The van der Waals surface area contributed by atoms with E-state index in [1.807, 2.05) is 48.0 Å². The number of carbonyl (C=O) groups is 2. The molecule has 290 valence electrons. The standard InChI is InChI=1S/C38H37N5O11P2/c1-22(31(20-44)42-38(46)33-24-11-3-7-15-28(24)40-29-16-8-4-12-25(29)33)53-56(50,51)54-23(21-52-55(47,48)49)19-39-37(45)34-27-14-6-10-18-32(27)43(2)36-26-13-5-9-17-30(26)41-35(34)36/h3-18,22-23,31,44H,19-21H2,1-2H3,(H,39,45)(H,42,46)(H,50,51)(H2,47,48,49)/t22?,23-,31?/m1/s1. The fourth-order valence-corrected chi connectivity index (χ4v) is 8.27. The lowest BCUT2D eigenvalue weighted by Crippen LogP contribution is -2.45. The largest absolute Gasteiger partial charge is 0.472 e. The van der Waals surface area contributed by atoms with Crippen molar-refractivity contribution in [2.75, 3.05) is 19.8 Å². The van der Waals surface area contributed by atoms with E-state index in [0.29, 0.717) is 44.1 Å². The van der Waals surface area contributed by atoms with Gasteiger partial charge in [0.2, 0.25) is 0 Å². The van der Waals surface area contributed by atoms with Crippen molar-refractivity contribution in [3.8, 4) is 11.4 Å². The number of aromatic nitrogens is 3. The number of nitrogens with one attached hydrogen (secondary N) is 2. The minimum absolute atomic E-state index is 0.202. The Bertz CT molecular complexity index is 2630. The predicted molar refractivity (Wildman–Crippen MR) is 208 cm³/mol. The van der Waals surface area contributed by atoms with Crippen LogP contribution < -0.4 is 10.6 Å². The van der Waals surface area contributed by atoms with Crippen molar-refractivity contribution in [3.63, 3.8) is 0 Å². The molecule has 6 N–H and O–H groups in total. The number of carbonyl (C=O) groups excluding carboxylic acids is 2. The van der Waals surface area contributed by atoms with Crippen LogP contribution in [0.4, 0.5) is 0 Å². The summed E-state index contributed by atoms with van der Waals surface area (Å²) < 4.78 is 42.3. The number of phosphoric acid groups is 2. The van der Waals surface area contributed by atoms with Gasteiger partial charge >= 0.3 is 15.6 Å². The molecule has 18 heteroatoms. The van der Waals surface area contributed by atoms with Crippen LogP contribution in [0.3, 0.4) is 0 Å². The summed E-state index contributed by atoms with van der Waals surface area (Å²) >= 11 is 0. The van der Waals surface area contributed by atoms with Gasteiger partial charge in [-0.2, -0.15) is 0 Å². The maximum absolute atomic E-state index is 14.0. The highest BCUT2D eigenvalue weighted by Gasteiger charge is 2.35. The van der Waals surface area contributed by atoms with Gasteiger partial charge in [0.05, 0.1) is 58.7 Å². The number of fused-ring (bicyclic) bond motifs is 6. The van der Waals surface area contributed by atoms with Crippen LogP contribution in [0.1, 0.15) is 27.6 Å². The molecule has 3 heterocycles. The van der Waals surface area contributed by atoms with Crippen LogP contribution in [0.2, 0.25) is 0 Å². The molecule has 0 saturated carbocycles. The number of hydrogen-bond acceptors (Lipinski definition) is 10. The Kier molecular flexibility index (Phi) is 11.0. The van der Waals surface area contributed by atoms with E-state index in [-0.39, 0.29) is 11.1 Å². The Hall–Kier alpha value is -5.12. The molecule has 2 aliphatic heterocycles. The van der Waals surface area contributed by atoms with Crippen molar-refractivity contribution in [2.45, 2.75) is 25.2 Å². The van der Waals surface area contributed by atoms with E-state index in [1.54, 1.807) is 60.7 Å².